The predicted octanol–water partition coefficient (Wildman–Crippen LogP) is 4.59. The summed E-state index contributed by atoms with van der Waals surface area (Å²) >= 11 is 12.6. The average molecular weight is 458 g/mol. The molecule has 5 nitrogen and oxygen atoms in total. The Morgan fingerprint density at radius 1 is 1.16 bits per heavy atom. The molecule has 0 aliphatic carbocycles. The van der Waals surface area contributed by atoms with Gasteiger partial charge in [-0.1, -0.05) is 35.3 Å². The highest BCUT2D eigenvalue weighted by Gasteiger charge is 2.42. The van der Waals surface area contributed by atoms with Crippen LogP contribution in [-0.4, -0.2) is 58.0 Å². The monoisotopic (exact) mass is 457 g/mol. The van der Waals surface area contributed by atoms with Crippen LogP contribution in [0.1, 0.15) is 34.3 Å². The van der Waals surface area contributed by atoms with E-state index in [0.29, 0.717) is 41.7 Å². The number of halogens is 2. The third kappa shape index (κ3) is 3.64. The van der Waals surface area contributed by atoms with Crippen molar-refractivity contribution in [1.29, 1.82) is 0 Å². The topological polar surface area (TPSA) is 59.6 Å². The highest BCUT2D eigenvalue weighted by atomic mass is 35.5. The Morgan fingerprint density at radius 2 is 1.94 bits per heavy atom. The smallest absolute Gasteiger partial charge is 0.255 e. The van der Waals surface area contributed by atoms with Crippen molar-refractivity contribution in [2.24, 2.45) is 0 Å². The van der Waals surface area contributed by atoms with Crippen LogP contribution in [0.3, 0.4) is 0 Å². The van der Waals surface area contributed by atoms with E-state index in [2.05, 4.69) is 9.88 Å². The summed E-state index contributed by atoms with van der Waals surface area (Å²) in [5.74, 6) is -0.0225. The summed E-state index contributed by atoms with van der Waals surface area (Å²) in [5.41, 5.74) is 2.55. The number of amides is 1. The quantitative estimate of drug-likeness (QED) is 0.591. The fourth-order valence-corrected chi connectivity index (χ4v) is 5.57. The SMILES string of the molecule is Cc1c[nH]c2ccc(C(=O)N3CCN4C[C@](O)(c5ccc(Cl)cc5)CC[C@@H]4C3)c(Cl)c12. The fourth-order valence-electron chi connectivity index (χ4n) is 5.05. The Morgan fingerprint density at radius 3 is 2.71 bits per heavy atom. The first kappa shape index (κ1) is 20.8. The molecule has 3 heterocycles. The second-order valence-electron chi connectivity index (χ2n) is 8.77. The van der Waals surface area contributed by atoms with Crippen LogP contribution < -0.4 is 0 Å². The summed E-state index contributed by atoms with van der Waals surface area (Å²) in [6, 6.07) is 11.4. The minimum atomic E-state index is -0.882. The summed E-state index contributed by atoms with van der Waals surface area (Å²) in [4.78, 5) is 20.7. The van der Waals surface area contributed by atoms with E-state index >= 15 is 0 Å². The fraction of sp³-hybridized carbons (Fsp3) is 0.375. The molecule has 2 aliphatic heterocycles. The Balaban J connectivity index is 1.32. The highest BCUT2D eigenvalue weighted by molar-refractivity contribution is 6.38. The van der Waals surface area contributed by atoms with Gasteiger partial charge in [-0.2, -0.15) is 0 Å². The molecule has 5 rings (SSSR count). The van der Waals surface area contributed by atoms with Gasteiger partial charge >= 0.3 is 0 Å². The van der Waals surface area contributed by atoms with E-state index in [0.717, 1.165) is 35.0 Å². The van der Waals surface area contributed by atoms with Gasteiger partial charge in [0.05, 0.1) is 10.6 Å². The third-order valence-electron chi connectivity index (χ3n) is 6.84. The Kier molecular flexibility index (Phi) is 5.25. The summed E-state index contributed by atoms with van der Waals surface area (Å²) in [5, 5.41) is 13.4. The summed E-state index contributed by atoms with van der Waals surface area (Å²) in [6.45, 7) is 4.55. The first-order chi connectivity index (χ1) is 14.9. The van der Waals surface area contributed by atoms with Gasteiger partial charge in [0.1, 0.15) is 5.60 Å². The maximum Gasteiger partial charge on any atom is 0.255 e. The molecule has 2 N–H and O–H groups in total. The molecule has 2 aromatic carbocycles. The van der Waals surface area contributed by atoms with Crippen molar-refractivity contribution >= 4 is 40.0 Å². The number of fused-ring (bicyclic) bond motifs is 2. The summed E-state index contributed by atoms with van der Waals surface area (Å²) < 4.78 is 0. The van der Waals surface area contributed by atoms with Gasteiger partial charge in [0, 0.05) is 54.3 Å². The van der Waals surface area contributed by atoms with Crippen molar-refractivity contribution in [3.8, 4) is 0 Å². The van der Waals surface area contributed by atoms with Crippen LogP contribution in [-0.2, 0) is 5.60 Å². The number of carbonyl (C=O) groups is 1. The first-order valence-electron chi connectivity index (χ1n) is 10.6. The number of benzene rings is 2. The normalized spacial score (nSPS) is 24.4. The van der Waals surface area contributed by atoms with Crippen LogP contribution in [0.2, 0.25) is 10.0 Å². The van der Waals surface area contributed by atoms with Gasteiger partial charge in [-0.15, -0.1) is 0 Å². The Hall–Kier alpha value is -2.05. The number of rotatable bonds is 2. The molecule has 0 saturated carbocycles. The average Bonchev–Trinajstić information content (AvgIpc) is 3.15. The van der Waals surface area contributed by atoms with Crippen molar-refractivity contribution < 1.29 is 9.90 Å². The lowest BCUT2D eigenvalue weighted by Crippen LogP contribution is -2.60. The molecule has 0 radical (unpaired) electrons. The lowest BCUT2D eigenvalue weighted by molar-refractivity contribution is -0.0740. The minimum Gasteiger partial charge on any atom is -0.384 e. The lowest BCUT2D eigenvalue weighted by atomic mass is 9.82. The molecule has 0 spiro atoms. The number of aryl methyl sites for hydroxylation is 1. The number of carbonyl (C=O) groups excluding carboxylic acids is 1. The molecule has 0 unspecified atom stereocenters. The Bertz CT molecular complexity index is 1140. The van der Waals surface area contributed by atoms with Gasteiger partial charge < -0.3 is 15.0 Å². The maximum absolute atomic E-state index is 13.3. The van der Waals surface area contributed by atoms with E-state index in [-0.39, 0.29) is 11.9 Å². The van der Waals surface area contributed by atoms with E-state index in [1.807, 2.05) is 54.4 Å². The maximum atomic E-state index is 13.3. The molecule has 0 bridgehead atoms. The zero-order chi connectivity index (χ0) is 21.8. The molecule has 2 saturated heterocycles. The van der Waals surface area contributed by atoms with E-state index in [4.69, 9.17) is 23.2 Å². The Labute approximate surface area is 191 Å². The third-order valence-corrected chi connectivity index (χ3v) is 7.48. The molecule has 3 aromatic rings. The zero-order valence-electron chi connectivity index (χ0n) is 17.4. The van der Waals surface area contributed by atoms with E-state index in [9.17, 15) is 9.90 Å². The van der Waals surface area contributed by atoms with Crippen LogP contribution in [0.5, 0.6) is 0 Å². The first-order valence-corrected chi connectivity index (χ1v) is 11.4. The molecule has 1 amide bonds. The summed E-state index contributed by atoms with van der Waals surface area (Å²) in [7, 11) is 0. The number of hydrogen-bond donors (Lipinski definition) is 2. The molecular weight excluding hydrogens is 433 g/mol. The van der Waals surface area contributed by atoms with Crippen LogP contribution in [0.25, 0.3) is 10.9 Å². The van der Waals surface area contributed by atoms with Crippen molar-refractivity contribution in [2.45, 2.75) is 31.4 Å². The van der Waals surface area contributed by atoms with Crippen LogP contribution in [0, 0.1) is 6.92 Å². The molecular formula is C24H25Cl2N3O2. The van der Waals surface area contributed by atoms with Crippen molar-refractivity contribution in [2.75, 3.05) is 26.2 Å². The van der Waals surface area contributed by atoms with Crippen molar-refractivity contribution in [3.63, 3.8) is 0 Å². The molecule has 1 aromatic heterocycles. The van der Waals surface area contributed by atoms with Gasteiger partial charge in [0.2, 0.25) is 0 Å². The molecule has 2 aliphatic rings. The number of nitrogens with zero attached hydrogens (tertiary/aromatic N) is 2. The van der Waals surface area contributed by atoms with E-state index in [1.54, 1.807) is 0 Å². The van der Waals surface area contributed by atoms with Gasteiger partial charge in [0.25, 0.3) is 5.91 Å². The second kappa shape index (κ2) is 7.82. The highest BCUT2D eigenvalue weighted by Crippen LogP contribution is 2.37. The van der Waals surface area contributed by atoms with Crippen molar-refractivity contribution in [3.05, 3.63) is 69.3 Å². The number of H-pyrrole nitrogens is 1. The number of piperazine rings is 1. The molecule has 31 heavy (non-hydrogen) atoms. The zero-order valence-corrected chi connectivity index (χ0v) is 18.9. The van der Waals surface area contributed by atoms with Gasteiger partial charge in [-0.25, -0.2) is 0 Å². The van der Waals surface area contributed by atoms with Crippen LogP contribution >= 0.6 is 23.2 Å². The predicted molar refractivity (Wildman–Crippen MR) is 124 cm³/mol. The number of aromatic amines is 1. The van der Waals surface area contributed by atoms with Crippen molar-refractivity contribution in [1.82, 2.24) is 14.8 Å². The van der Waals surface area contributed by atoms with E-state index < -0.39 is 5.60 Å². The number of piperidine rings is 1. The number of aromatic nitrogens is 1. The number of aliphatic hydroxyl groups is 1. The molecule has 2 fully saturated rings. The molecule has 2 atom stereocenters. The van der Waals surface area contributed by atoms with Crippen LogP contribution in [0.15, 0.2) is 42.6 Å². The standard InChI is InChI=1S/C24H25Cl2N3O2/c1-15-12-27-20-7-6-19(22(26)21(15)20)23(30)28-10-11-29-14-24(31,9-8-18(29)13-28)16-2-4-17(25)5-3-16/h2-7,12,18,27,31H,8-11,13-14H2,1H3/t18-,24+/m1/s1. The van der Waals surface area contributed by atoms with Crippen LogP contribution in [0.4, 0.5) is 0 Å². The summed E-state index contributed by atoms with van der Waals surface area (Å²) in [6.07, 6.45) is 3.40. The minimum absolute atomic E-state index is 0.0225. The number of nitrogens with one attached hydrogen (secondary N) is 1. The van der Waals surface area contributed by atoms with Gasteiger partial charge in [-0.05, 0) is 55.2 Å². The van der Waals surface area contributed by atoms with Gasteiger partial charge in [-0.3, -0.25) is 9.69 Å². The second-order valence-corrected chi connectivity index (χ2v) is 9.59. The molecule has 7 heteroatoms. The van der Waals surface area contributed by atoms with E-state index in [1.165, 1.54) is 0 Å². The lowest BCUT2D eigenvalue weighted by Gasteiger charge is -2.49. The number of hydrogen-bond acceptors (Lipinski definition) is 3. The molecule has 162 valence electrons. The largest absolute Gasteiger partial charge is 0.384 e. The van der Waals surface area contributed by atoms with Gasteiger partial charge in [0.15, 0.2) is 0 Å².